The Morgan fingerprint density at radius 1 is 1.38 bits per heavy atom. The number of amides is 1. The Labute approximate surface area is 137 Å². The first-order valence-corrected chi connectivity index (χ1v) is 7.35. The highest BCUT2D eigenvalue weighted by Crippen LogP contribution is 2.28. The number of halogens is 2. The van der Waals surface area contributed by atoms with Gasteiger partial charge in [0.15, 0.2) is 0 Å². The summed E-state index contributed by atoms with van der Waals surface area (Å²) in [5.74, 6) is -0.0982. The summed E-state index contributed by atoms with van der Waals surface area (Å²) >= 11 is 6.41. The lowest BCUT2D eigenvalue weighted by atomic mass is 10.2. The molecule has 108 valence electrons. The number of carbonyl (C=O) groups excluding carboxylic acids is 1. The highest BCUT2D eigenvalue weighted by molar-refractivity contribution is 9.11. The summed E-state index contributed by atoms with van der Waals surface area (Å²) in [6.45, 7) is 1.87. The highest BCUT2D eigenvalue weighted by atomic mass is 79.9. The van der Waals surface area contributed by atoms with Crippen LogP contribution in [0.4, 0.5) is 11.5 Å². The molecule has 6 nitrogen and oxygen atoms in total. The van der Waals surface area contributed by atoms with Gasteiger partial charge >= 0.3 is 0 Å². The van der Waals surface area contributed by atoms with Crippen molar-refractivity contribution in [1.29, 1.82) is 0 Å². The monoisotopic (exact) mass is 413 g/mol. The second-order valence-corrected chi connectivity index (χ2v) is 5.82. The number of nitro groups is 1. The summed E-state index contributed by atoms with van der Waals surface area (Å²) in [4.78, 5) is 26.6. The zero-order chi connectivity index (χ0) is 15.6. The topological polar surface area (TPSA) is 85.1 Å². The summed E-state index contributed by atoms with van der Waals surface area (Å²) in [7, 11) is 0. The highest BCUT2D eigenvalue weighted by Gasteiger charge is 2.19. The van der Waals surface area contributed by atoms with E-state index in [0.717, 1.165) is 10.0 Å². The van der Waals surface area contributed by atoms with Gasteiger partial charge in [-0.05, 0) is 56.5 Å². The maximum atomic E-state index is 12.2. The lowest BCUT2D eigenvalue weighted by molar-refractivity contribution is -0.385. The van der Waals surface area contributed by atoms with E-state index >= 15 is 0 Å². The number of anilines is 1. The first-order chi connectivity index (χ1) is 9.90. The van der Waals surface area contributed by atoms with E-state index in [1.807, 2.05) is 6.92 Å². The molecule has 1 amide bonds. The van der Waals surface area contributed by atoms with Crippen molar-refractivity contribution in [3.05, 3.63) is 60.6 Å². The standard InChI is InChI=1S/C13H9Br2N3O3/c1-7-5-11(16-6-9(7)14)17-13(19)8-3-2-4-10(12(8)15)18(20)21/h2-6H,1H3,(H,16,17,19). The molecule has 21 heavy (non-hydrogen) atoms. The molecule has 0 unspecified atom stereocenters. The zero-order valence-corrected chi connectivity index (χ0v) is 13.9. The quantitative estimate of drug-likeness (QED) is 0.605. The molecule has 0 aliphatic rings. The molecule has 1 aromatic carbocycles. The molecule has 0 saturated heterocycles. The van der Waals surface area contributed by atoms with Crippen molar-refractivity contribution in [2.45, 2.75) is 6.92 Å². The lowest BCUT2D eigenvalue weighted by Gasteiger charge is -2.07. The van der Waals surface area contributed by atoms with Crippen LogP contribution in [0.1, 0.15) is 15.9 Å². The first kappa shape index (κ1) is 15.6. The molecule has 0 saturated carbocycles. The Morgan fingerprint density at radius 2 is 2.10 bits per heavy atom. The molecule has 0 spiro atoms. The van der Waals surface area contributed by atoms with Crippen molar-refractivity contribution < 1.29 is 9.72 Å². The third kappa shape index (κ3) is 3.45. The van der Waals surface area contributed by atoms with E-state index in [1.54, 1.807) is 12.3 Å². The summed E-state index contributed by atoms with van der Waals surface area (Å²) in [5.41, 5.74) is 0.924. The zero-order valence-electron chi connectivity index (χ0n) is 10.8. The Morgan fingerprint density at radius 3 is 2.71 bits per heavy atom. The Balaban J connectivity index is 2.30. The Hall–Kier alpha value is -1.80. The molecule has 0 fully saturated rings. The molecule has 1 N–H and O–H groups in total. The molecule has 0 aliphatic heterocycles. The number of carbonyl (C=O) groups is 1. The van der Waals surface area contributed by atoms with Gasteiger partial charge in [-0.2, -0.15) is 0 Å². The van der Waals surface area contributed by atoms with E-state index in [-0.39, 0.29) is 15.7 Å². The number of aryl methyl sites for hydroxylation is 1. The van der Waals surface area contributed by atoms with Crippen LogP contribution in [0.3, 0.4) is 0 Å². The predicted octanol–water partition coefficient (Wildman–Crippen LogP) is 4.08. The summed E-state index contributed by atoms with van der Waals surface area (Å²) in [6, 6.07) is 5.98. The van der Waals surface area contributed by atoms with Crippen molar-refractivity contribution in [3.63, 3.8) is 0 Å². The van der Waals surface area contributed by atoms with Crippen molar-refractivity contribution in [2.75, 3.05) is 5.32 Å². The number of nitrogens with one attached hydrogen (secondary N) is 1. The Bertz CT molecular complexity index is 735. The average molecular weight is 415 g/mol. The maximum Gasteiger partial charge on any atom is 0.284 e. The number of aromatic nitrogens is 1. The molecule has 8 heteroatoms. The van der Waals surface area contributed by atoms with Gasteiger partial charge in [0.1, 0.15) is 10.3 Å². The maximum absolute atomic E-state index is 12.2. The molecule has 1 aromatic heterocycles. The number of hydrogen-bond donors (Lipinski definition) is 1. The fourth-order valence-corrected chi connectivity index (χ4v) is 2.43. The molecular weight excluding hydrogens is 406 g/mol. The van der Waals surface area contributed by atoms with E-state index in [4.69, 9.17) is 0 Å². The van der Waals surface area contributed by atoms with Crippen molar-refractivity contribution in [1.82, 2.24) is 4.98 Å². The third-order valence-electron chi connectivity index (χ3n) is 2.71. The van der Waals surface area contributed by atoms with Crippen LogP contribution in [0.2, 0.25) is 0 Å². The van der Waals surface area contributed by atoms with Crippen molar-refractivity contribution in [2.24, 2.45) is 0 Å². The number of pyridine rings is 1. The number of nitro benzene ring substituents is 1. The smallest absolute Gasteiger partial charge is 0.284 e. The normalized spacial score (nSPS) is 10.2. The van der Waals surface area contributed by atoms with Crippen LogP contribution in [0, 0.1) is 17.0 Å². The fraction of sp³-hybridized carbons (Fsp3) is 0.0769. The van der Waals surface area contributed by atoms with Gasteiger partial charge in [0.05, 0.1) is 10.5 Å². The number of rotatable bonds is 3. The Kier molecular flexibility index (Phi) is 4.69. The van der Waals surface area contributed by atoms with Crippen molar-refractivity contribution in [3.8, 4) is 0 Å². The second-order valence-electron chi connectivity index (χ2n) is 4.17. The van der Waals surface area contributed by atoms with Crippen LogP contribution in [-0.2, 0) is 0 Å². The van der Waals surface area contributed by atoms with Gasteiger partial charge in [-0.3, -0.25) is 14.9 Å². The largest absolute Gasteiger partial charge is 0.307 e. The average Bonchev–Trinajstić information content (AvgIpc) is 2.42. The number of nitrogens with zero attached hydrogens (tertiary/aromatic N) is 2. The summed E-state index contributed by atoms with van der Waals surface area (Å²) < 4.78 is 0.971. The van der Waals surface area contributed by atoms with E-state index in [0.29, 0.717) is 5.82 Å². The van der Waals surface area contributed by atoms with Crippen molar-refractivity contribution >= 4 is 49.3 Å². The minimum Gasteiger partial charge on any atom is -0.307 e. The lowest BCUT2D eigenvalue weighted by Crippen LogP contribution is -2.14. The van der Waals surface area contributed by atoms with E-state index in [1.165, 1.54) is 18.2 Å². The molecule has 0 radical (unpaired) electrons. The van der Waals surface area contributed by atoms with E-state index in [2.05, 4.69) is 42.2 Å². The molecule has 0 aliphatic carbocycles. The summed E-state index contributed by atoms with van der Waals surface area (Å²) in [6.07, 6.45) is 1.58. The summed E-state index contributed by atoms with van der Waals surface area (Å²) in [5, 5.41) is 13.5. The minimum atomic E-state index is -0.553. The van der Waals surface area contributed by atoms with Crippen LogP contribution in [0.5, 0.6) is 0 Å². The first-order valence-electron chi connectivity index (χ1n) is 5.76. The van der Waals surface area contributed by atoms with Crippen LogP contribution in [-0.4, -0.2) is 15.8 Å². The van der Waals surface area contributed by atoms with Gasteiger partial charge in [-0.1, -0.05) is 6.07 Å². The number of hydrogen-bond acceptors (Lipinski definition) is 4. The van der Waals surface area contributed by atoms with Gasteiger partial charge in [0.2, 0.25) is 0 Å². The second kappa shape index (κ2) is 6.31. The van der Waals surface area contributed by atoms with E-state index < -0.39 is 10.8 Å². The molecule has 1 heterocycles. The van der Waals surface area contributed by atoms with Crippen LogP contribution in [0.25, 0.3) is 0 Å². The molecule has 0 bridgehead atoms. The van der Waals surface area contributed by atoms with Crippen LogP contribution >= 0.6 is 31.9 Å². The van der Waals surface area contributed by atoms with Gasteiger partial charge in [0, 0.05) is 16.7 Å². The third-order valence-corrected chi connectivity index (χ3v) is 4.37. The van der Waals surface area contributed by atoms with Gasteiger partial charge in [-0.15, -0.1) is 0 Å². The van der Waals surface area contributed by atoms with E-state index in [9.17, 15) is 14.9 Å². The minimum absolute atomic E-state index is 0.140. The van der Waals surface area contributed by atoms with Crippen LogP contribution in [0.15, 0.2) is 39.4 Å². The molecule has 2 aromatic rings. The molecule has 0 atom stereocenters. The predicted molar refractivity (Wildman–Crippen MR) is 85.4 cm³/mol. The van der Waals surface area contributed by atoms with Crippen LogP contribution < -0.4 is 5.32 Å². The molecule has 2 rings (SSSR count). The van der Waals surface area contributed by atoms with Gasteiger partial charge < -0.3 is 5.32 Å². The molecular formula is C13H9Br2N3O3. The number of benzene rings is 1. The SMILES string of the molecule is Cc1cc(NC(=O)c2cccc([N+](=O)[O-])c2Br)ncc1Br. The van der Waals surface area contributed by atoms with Gasteiger partial charge in [-0.25, -0.2) is 4.98 Å². The van der Waals surface area contributed by atoms with Gasteiger partial charge in [0.25, 0.3) is 11.6 Å². The fourth-order valence-electron chi connectivity index (χ4n) is 1.63.